The van der Waals surface area contributed by atoms with Crippen LogP contribution in [-0.2, 0) is 6.54 Å². The second-order valence-electron chi connectivity index (χ2n) is 3.86. The van der Waals surface area contributed by atoms with Crippen LogP contribution in [0.15, 0.2) is 50.4 Å². The van der Waals surface area contributed by atoms with Crippen LogP contribution in [0.2, 0.25) is 0 Å². The highest BCUT2D eigenvalue weighted by Gasteiger charge is 2.08. The number of hydrogen-bond acceptors (Lipinski definition) is 3. The Bertz CT molecular complexity index is 679. The van der Waals surface area contributed by atoms with Crippen molar-refractivity contribution >= 4 is 10.9 Å². The summed E-state index contributed by atoms with van der Waals surface area (Å²) < 4.78 is 6.11. The van der Waals surface area contributed by atoms with Gasteiger partial charge in [0.05, 0.1) is 10.9 Å². The van der Waals surface area contributed by atoms with E-state index >= 15 is 0 Å². The Morgan fingerprint density at radius 2 is 2.06 bits per heavy atom. The van der Waals surface area contributed by atoms with E-state index in [1.807, 2.05) is 6.92 Å². The number of nitrogens with zero attached hydrogens (tertiary/aromatic N) is 1. The molecule has 0 spiro atoms. The molecule has 4 nitrogen and oxygen atoms in total. The minimum absolute atomic E-state index is 0.375. The minimum Gasteiger partial charge on any atom is -0.372 e. The molecule has 0 aliphatic rings. The highest BCUT2D eigenvalue weighted by atomic mass is 16.4. The third-order valence-corrected chi connectivity index (χ3v) is 2.70. The van der Waals surface area contributed by atoms with Gasteiger partial charge in [-0.05, 0) is 18.6 Å². The van der Waals surface area contributed by atoms with Crippen molar-refractivity contribution in [1.82, 2.24) is 4.57 Å². The van der Waals surface area contributed by atoms with Crippen LogP contribution in [0.25, 0.3) is 10.9 Å². The van der Waals surface area contributed by atoms with Gasteiger partial charge < -0.3 is 4.42 Å². The van der Waals surface area contributed by atoms with Crippen molar-refractivity contribution in [2.75, 3.05) is 0 Å². The first-order valence-electron chi connectivity index (χ1n) is 5.43. The fourth-order valence-corrected chi connectivity index (χ4v) is 1.65. The maximum atomic E-state index is 11.7. The molecule has 0 unspecified atom stereocenters. The molecule has 2 rings (SSSR count). The number of hydrogen-bond donors (Lipinski definition) is 0. The molecule has 4 heteroatoms. The van der Waals surface area contributed by atoms with Crippen LogP contribution in [0.5, 0.6) is 0 Å². The Kier molecular flexibility index (Phi) is 2.95. The van der Waals surface area contributed by atoms with Gasteiger partial charge in [0.2, 0.25) is 0 Å². The Balaban J connectivity index is 2.74. The van der Waals surface area contributed by atoms with Crippen LogP contribution < -0.4 is 11.4 Å². The Hall–Kier alpha value is -2.10. The molecule has 0 radical (unpaired) electrons. The lowest BCUT2D eigenvalue weighted by atomic mass is 10.2. The Morgan fingerprint density at radius 1 is 1.35 bits per heavy atom. The summed E-state index contributed by atoms with van der Waals surface area (Å²) in [6.07, 6.45) is 0.778. The van der Waals surface area contributed by atoms with E-state index in [9.17, 15) is 9.59 Å². The van der Waals surface area contributed by atoms with Crippen molar-refractivity contribution < 1.29 is 4.42 Å². The van der Waals surface area contributed by atoms with Crippen molar-refractivity contribution in [3.63, 3.8) is 0 Å². The fraction of sp³-hybridized carbons (Fsp3) is 0.231. The zero-order valence-electron chi connectivity index (χ0n) is 9.60. The molecule has 0 amide bonds. The van der Waals surface area contributed by atoms with Crippen LogP contribution >= 0.6 is 0 Å². The minimum atomic E-state index is -0.636. The molecule has 17 heavy (non-hydrogen) atoms. The molecule has 0 bridgehead atoms. The smallest absolute Gasteiger partial charge is 0.372 e. The van der Waals surface area contributed by atoms with Gasteiger partial charge in [-0.3, -0.25) is 4.57 Å². The molecule has 0 aliphatic heterocycles. The van der Waals surface area contributed by atoms with E-state index < -0.39 is 11.4 Å². The second kappa shape index (κ2) is 4.41. The fourth-order valence-electron chi connectivity index (χ4n) is 1.65. The average molecular weight is 231 g/mol. The van der Waals surface area contributed by atoms with Crippen LogP contribution in [0.1, 0.15) is 13.3 Å². The number of allylic oxidation sites excluding steroid dienone is 1. The van der Waals surface area contributed by atoms with Gasteiger partial charge in [-0.2, -0.15) is 0 Å². The topological polar surface area (TPSA) is 52.2 Å². The molecule has 0 N–H and O–H groups in total. The molecular formula is C13H13NO3. The molecule has 2 aromatic rings. The van der Waals surface area contributed by atoms with Gasteiger partial charge in [0, 0.05) is 6.54 Å². The third-order valence-electron chi connectivity index (χ3n) is 2.70. The van der Waals surface area contributed by atoms with E-state index in [2.05, 4.69) is 11.0 Å². The maximum Gasteiger partial charge on any atom is 0.422 e. The highest BCUT2D eigenvalue weighted by molar-refractivity contribution is 5.77. The number of fused-ring (bicyclic) bond motifs is 1. The second-order valence-corrected chi connectivity index (χ2v) is 3.86. The zero-order valence-corrected chi connectivity index (χ0v) is 9.60. The molecule has 0 fully saturated rings. The summed E-state index contributed by atoms with van der Waals surface area (Å²) in [4.78, 5) is 23.2. The SMILES string of the molecule is C=C(CC)Cn1c(=O)oc(=O)c2ccccc21. The van der Waals surface area contributed by atoms with E-state index in [1.165, 1.54) is 4.57 Å². The molecule has 1 aromatic carbocycles. The molecule has 88 valence electrons. The first kappa shape index (κ1) is 11.4. The van der Waals surface area contributed by atoms with Gasteiger partial charge in [0.25, 0.3) is 0 Å². The first-order valence-corrected chi connectivity index (χ1v) is 5.43. The van der Waals surface area contributed by atoms with Gasteiger partial charge in [-0.25, -0.2) is 9.59 Å². The lowest BCUT2D eigenvalue weighted by Crippen LogP contribution is -2.25. The number of para-hydroxylation sites is 1. The van der Waals surface area contributed by atoms with Gasteiger partial charge in [0.15, 0.2) is 0 Å². The molecule has 0 saturated carbocycles. The average Bonchev–Trinajstić information content (AvgIpc) is 2.34. The van der Waals surface area contributed by atoms with E-state index in [-0.39, 0.29) is 0 Å². The lowest BCUT2D eigenvalue weighted by molar-refractivity contribution is 0.423. The lowest BCUT2D eigenvalue weighted by Gasteiger charge is -2.08. The van der Waals surface area contributed by atoms with Crippen molar-refractivity contribution in [3.05, 3.63) is 57.4 Å². The largest absolute Gasteiger partial charge is 0.422 e. The van der Waals surface area contributed by atoms with E-state index in [0.717, 1.165) is 12.0 Å². The van der Waals surface area contributed by atoms with Gasteiger partial charge in [-0.15, -0.1) is 0 Å². The van der Waals surface area contributed by atoms with Crippen LogP contribution in [0.4, 0.5) is 0 Å². The van der Waals surface area contributed by atoms with E-state index in [4.69, 9.17) is 0 Å². The van der Waals surface area contributed by atoms with E-state index in [0.29, 0.717) is 17.4 Å². The predicted octanol–water partition coefficient (Wildman–Crippen LogP) is 1.92. The first-order chi connectivity index (χ1) is 8.13. The number of benzene rings is 1. The maximum absolute atomic E-state index is 11.7. The summed E-state index contributed by atoms with van der Waals surface area (Å²) in [7, 11) is 0. The van der Waals surface area contributed by atoms with Crippen molar-refractivity contribution in [3.8, 4) is 0 Å². The molecule has 1 aromatic heterocycles. The van der Waals surface area contributed by atoms with Gasteiger partial charge in [0.1, 0.15) is 0 Å². The van der Waals surface area contributed by atoms with Crippen LogP contribution in [-0.4, -0.2) is 4.57 Å². The summed E-state index contributed by atoms with van der Waals surface area (Å²) in [6, 6.07) is 6.90. The van der Waals surface area contributed by atoms with E-state index in [1.54, 1.807) is 24.3 Å². The number of aromatic nitrogens is 1. The Labute approximate surface area is 97.8 Å². The van der Waals surface area contributed by atoms with Crippen LogP contribution in [0, 0.1) is 0 Å². The van der Waals surface area contributed by atoms with Crippen molar-refractivity contribution in [2.24, 2.45) is 0 Å². The monoisotopic (exact) mass is 231 g/mol. The summed E-state index contributed by atoms with van der Waals surface area (Å²) in [5.74, 6) is -0.636. The summed E-state index contributed by atoms with van der Waals surface area (Å²) in [5.41, 5.74) is 0.901. The van der Waals surface area contributed by atoms with Crippen molar-refractivity contribution in [2.45, 2.75) is 19.9 Å². The summed E-state index contributed by atoms with van der Waals surface area (Å²) in [5, 5.41) is 0.413. The molecular weight excluding hydrogens is 218 g/mol. The third kappa shape index (κ3) is 2.06. The Morgan fingerprint density at radius 3 is 2.76 bits per heavy atom. The molecule has 0 saturated heterocycles. The predicted molar refractivity (Wildman–Crippen MR) is 66.2 cm³/mol. The van der Waals surface area contributed by atoms with Crippen LogP contribution in [0.3, 0.4) is 0 Å². The zero-order chi connectivity index (χ0) is 12.4. The molecule has 0 atom stereocenters. The summed E-state index contributed by atoms with van der Waals surface area (Å²) >= 11 is 0. The normalized spacial score (nSPS) is 10.6. The molecule has 0 aliphatic carbocycles. The quantitative estimate of drug-likeness (QED) is 0.758. The summed E-state index contributed by atoms with van der Waals surface area (Å²) in [6.45, 7) is 6.20. The molecule has 1 heterocycles. The standard InChI is InChI=1S/C13H13NO3/c1-3-9(2)8-14-11-7-5-4-6-10(11)12(15)17-13(14)16/h4-7H,2-3,8H2,1H3. The number of rotatable bonds is 3. The van der Waals surface area contributed by atoms with Crippen molar-refractivity contribution in [1.29, 1.82) is 0 Å². The highest BCUT2D eigenvalue weighted by Crippen LogP contribution is 2.09. The van der Waals surface area contributed by atoms with Gasteiger partial charge in [-0.1, -0.05) is 31.2 Å². The van der Waals surface area contributed by atoms with Gasteiger partial charge >= 0.3 is 11.4 Å².